The fourth-order valence-electron chi connectivity index (χ4n) is 0.284. The first-order chi connectivity index (χ1) is 4.34. The predicted octanol–water partition coefficient (Wildman–Crippen LogP) is 0.585. The highest BCUT2D eigenvalue weighted by Crippen LogP contribution is 2.07. The van der Waals surface area contributed by atoms with Crippen molar-refractivity contribution in [1.82, 2.24) is 4.72 Å². The smallest absolute Gasteiger partial charge is 0.228 e. The number of rotatable bonds is 1. The van der Waals surface area contributed by atoms with Crippen molar-refractivity contribution < 1.29 is 9.00 Å². The lowest BCUT2D eigenvalue weighted by molar-refractivity contribution is -0.117. The summed E-state index contributed by atoms with van der Waals surface area (Å²) < 4.78 is 13.0. The first-order valence-corrected chi connectivity index (χ1v) is 4.18. The van der Waals surface area contributed by atoms with Crippen LogP contribution in [0.4, 0.5) is 0 Å². The molecule has 3 nitrogen and oxygen atoms in total. The number of amides is 1. The maximum atomic E-state index is 11.1. The molecule has 0 saturated heterocycles. The molecule has 0 aromatic carbocycles. The molecule has 0 radical (unpaired) electrons. The van der Waals surface area contributed by atoms with Gasteiger partial charge in [-0.25, -0.2) is 4.21 Å². The van der Waals surface area contributed by atoms with Crippen LogP contribution in [0.15, 0.2) is 0 Å². The van der Waals surface area contributed by atoms with Crippen LogP contribution < -0.4 is 4.72 Å². The van der Waals surface area contributed by atoms with Crippen LogP contribution in [0.2, 0.25) is 0 Å². The summed E-state index contributed by atoms with van der Waals surface area (Å²) in [4.78, 5) is 10.4. The van der Waals surface area contributed by atoms with Crippen LogP contribution in [0.25, 0.3) is 0 Å². The van der Waals surface area contributed by atoms with Crippen LogP contribution in [-0.2, 0) is 15.8 Å². The van der Waals surface area contributed by atoms with E-state index in [1.54, 1.807) is 20.8 Å². The third kappa shape index (κ3) is 3.61. The Labute approximate surface area is 63.8 Å². The minimum absolute atomic E-state index is 0.256. The van der Waals surface area contributed by atoms with Crippen molar-refractivity contribution in [1.29, 1.82) is 0 Å². The average molecular weight is 163 g/mol. The van der Waals surface area contributed by atoms with E-state index in [1.165, 1.54) is 6.92 Å². The van der Waals surface area contributed by atoms with Crippen molar-refractivity contribution in [3.63, 3.8) is 0 Å². The van der Waals surface area contributed by atoms with E-state index in [0.717, 1.165) is 0 Å². The van der Waals surface area contributed by atoms with Gasteiger partial charge >= 0.3 is 0 Å². The maximum absolute atomic E-state index is 11.1. The summed E-state index contributed by atoms with van der Waals surface area (Å²) in [6.07, 6.45) is 0. The molecule has 0 fully saturated rings. The number of carbonyl (C=O) groups excluding carboxylic acids is 1. The lowest BCUT2D eigenvalue weighted by Gasteiger charge is -2.16. The average Bonchev–Trinajstić information content (AvgIpc) is 1.60. The SMILES string of the molecule is CC(=O)NS(=O)C(C)(C)C. The maximum Gasteiger partial charge on any atom is 0.228 e. The zero-order valence-corrected chi connectivity index (χ0v) is 7.54. The fraction of sp³-hybridized carbons (Fsp3) is 0.833. The number of nitrogens with one attached hydrogen (secondary N) is 1. The van der Waals surface area contributed by atoms with Gasteiger partial charge in [-0.1, -0.05) is 0 Å². The largest absolute Gasteiger partial charge is 0.275 e. The van der Waals surface area contributed by atoms with E-state index in [0.29, 0.717) is 0 Å². The van der Waals surface area contributed by atoms with Gasteiger partial charge in [-0.3, -0.25) is 9.52 Å². The van der Waals surface area contributed by atoms with E-state index < -0.39 is 11.0 Å². The summed E-state index contributed by atoms with van der Waals surface area (Å²) in [5.41, 5.74) is 0. The third-order valence-electron chi connectivity index (χ3n) is 0.793. The van der Waals surface area contributed by atoms with Gasteiger partial charge in [-0.15, -0.1) is 0 Å². The molecule has 0 bridgehead atoms. The second-order valence-corrected chi connectivity index (χ2v) is 5.01. The Morgan fingerprint density at radius 3 is 1.90 bits per heavy atom. The third-order valence-corrected chi connectivity index (χ3v) is 2.38. The van der Waals surface area contributed by atoms with E-state index in [2.05, 4.69) is 4.72 Å². The summed E-state index contributed by atoms with van der Waals surface area (Å²) in [5, 5.41) is 0. The molecule has 4 heteroatoms. The highest BCUT2D eigenvalue weighted by molar-refractivity contribution is 7.85. The molecule has 0 aromatic rings. The van der Waals surface area contributed by atoms with Gasteiger partial charge in [0, 0.05) is 6.92 Å². The van der Waals surface area contributed by atoms with Crippen LogP contribution in [-0.4, -0.2) is 14.9 Å². The summed E-state index contributed by atoms with van der Waals surface area (Å²) in [6.45, 7) is 6.76. The molecule has 0 spiro atoms. The number of hydrogen-bond acceptors (Lipinski definition) is 2. The van der Waals surface area contributed by atoms with Crippen LogP contribution in [0.1, 0.15) is 27.7 Å². The van der Waals surface area contributed by atoms with Crippen LogP contribution in [0.3, 0.4) is 0 Å². The van der Waals surface area contributed by atoms with Crippen molar-refractivity contribution in [2.24, 2.45) is 0 Å². The van der Waals surface area contributed by atoms with Gasteiger partial charge in [0.25, 0.3) is 0 Å². The van der Waals surface area contributed by atoms with Crippen LogP contribution in [0.5, 0.6) is 0 Å². The van der Waals surface area contributed by atoms with Crippen molar-refractivity contribution in [3.05, 3.63) is 0 Å². The summed E-state index contributed by atoms with van der Waals surface area (Å²) >= 11 is 0. The van der Waals surface area contributed by atoms with Crippen LogP contribution in [0, 0.1) is 0 Å². The summed E-state index contributed by atoms with van der Waals surface area (Å²) in [5.74, 6) is -0.256. The highest BCUT2D eigenvalue weighted by Gasteiger charge is 2.19. The molecule has 1 atom stereocenters. The second kappa shape index (κ2) is 3.14. The standard InChI is InChI=1S/C6H13NO2S/c1-5(8)7-10(9)6(2,3)4/h1-4H3,(H,7,8). The molecule has 0 aliphatic heterocycles. The summed E-state index contributed by atoms with van der Waals surface area (Å²) in [6, 6.07) is 0. The fourth-order valence-corrected chi connectivity index (χ4v) is 0.851. The Bertz CT molecular complexity index is 160. The summed E-state index contributed by atoms with van der Waals surface area (Å²) in [7, 11) is -1.27. The van der Waals surface area contributed by atoms with Crippen molar-refractivity contribution in [3.8, 4) is 0 Å². The highest BCUT2D eigenvalue weighted by atomic mass is 32.2. The Morgan fingerprint density at radius 2 is 1.80 bits per heavy atom. The molecule has 0 aliphatic carbocycles. The molecule has 0 aliphatic rings. The van der Waals surface area contributed by atoms with Crippen LogP contribution >= 0.6 is 0 Å². The monoisotopic (exact) mass is 163 g/mol. The van der Waals surface area contributed by atoms with E-state index in [4.69, 9.17) is 0 Å². The zero-order valence-electron chi connectivity index (χ0n) is 6.72. The second-order valence-electron chi connectivity index (χ2n) is 3.04. The lowest BCUT2D eigenvalue weighted by atomic mass is 10.3. The molecule has 1 unspecified atom stereocenters. The van der Waals surface area contributed by atoms with E-state index >= 15 is 0 Å². The Hall–Kier alpha value is -0.380. The van der Waals surface area contributed by atoms with Gasteiger partial charge in [-0.2, -0.15) is 0 Å². The van der Waals surface area contributed by atoms with Gasteiger partial charge in [0.2, 0.25) is 5.91 Å². The number of hydrogen-bond donors (Lipinski definition) is 1. The first-order valence-electron chi connectivity index (χ1n) is 3.03. The molecule has 0 aromatic heterocycles. The predicted molar refractivity (Wildman–Crippen MR) is 41.7 cm³/mol. The van der Waals surface area contributed by atoms with Gasteiger partial charge in [0.1, 0.15) is 11.0 Å². The molecule has 0 rings (SSSR count). The molecule has 1 amide bonds. The van der Waals surface area contributed by atoms with Gasteiger partial charge in [0.15, 0.2) is 0 Å². The Kier molecular flexibility index (Phi) is 3.02. The minimum atomic E-state index is -1.27. The van der Waals surface area contributed by atoms with Gasteiger partial charge in [-0.05, 0) is 20.8 Å². The molecule has 10 heavy (non-hydrogen) atoms. The quantitative estimate of drug-likeness (QED) is 0.614. The Balaban J connectivity index is 3.99. The van der Waals surface area contributed by atoms with Gasteiger partial charge in [0.05, 0.1) is 4.75 Å². The van der Waals surface area contributed by atoms with Crippen molar-refractivity contribution in [2.45, 2.75) is 32.4 Å². The molecule has 60 valence electrons. The van der Waals surface area contributed by atoms with Gasteiger partial charge < -0.3 is 0 Å². The zero-order chi connectivity index (χ0) is 8.36. The normalized spacial score (nSPS) is 14.4. The molecular weight excluding hydrogens is 150 g/mol. The molecule has 1 N–H and O–H groups in total. The first kappa shape index (κ1) is 9.62. The molecule has 0 saturated carbocycles. The van der Waals surface area contributed by atoms with E-state index in [1.807, 2.05) is 0 Å². The molecule has 0 heterocycles. The minimum Gasteiger partial charge on any atom is -0.275 e. The van der Waals surface area contributed by atoms with E-state index in [-0.39, 0.29) is 10.7 Å². The lowest BCUT2D eigenvalue weighted by Crippen LogP contribution is -2.35. The topological polar surface area (TPSA) is 46.2 Å². The Morgan fingerprint density at radius 1 is 1.40 bits per heavy atom. The number of carbonyl (C=O) groups is 1. The van der Waals surface area contributed by atoms with Crippen molar-refractivity contribution >= 4 is 16.9 Å². The molecular formula is C6H13NO2S. The van der Waals surface area contributed by atoms with E-state index in [9.17, 15) is 9.00 Å². The van der Waals surface area contributed by atoms with Crippen molar-refractivity contribution in [2.75, 3.05) is 0 Å².